The average Bonchev–Trinajstić information content (AvgIpc) is 2.83. The molecule has 2 nitrogen and oxygen atoms in total. The van der Waals surface area contributed by atoms with Gasteiger partial charge in [0.1, 0.15) is 10.8 Å². The smallest absolute Gasteiger partial charge is 0.135 e. The van der Waals surface area contributed by atoms with Crippen LogP contribution in [0, 0.1) is 17.2 Å². The SMILES string of the molecule is CC1(C)CC1CNc1ccc(C(N)=S)c(F)c1. The second-order valence-corrected chi connectivity index (χ2v) is 5.77. The van der Waals surface area contributed by atoms with Gasteiger partial charge in [-0.2, -0.15) is 0 Å². The van der Waals surface area contributed by atoms with Crippen molar-refractivity contribution in [3.8, 4) is 0 Å². The van der Waals surface area contributed by atoms with Crippen molar-refractivity contribution in [1.82, 2.24) is 0 Å². The Kier molecular flexibility index (Phi) is 3.08. The summed E-state index contributed by atoms with van der Waals surface area (Å²) in [6.45, 7) is 5.38. The fraction of sp³-hybridized carbons (Fsp3) is 0.462. The molecular weight excluding hydrogens is 235 g/mol. The Labute approximate surface area is 106 Å². The molecule has 0 radical (unpaired) electrons. The van der Waals surface area contributed by atoms with Gasteiger partial charge in [-0.1, -0.05) is 26.1 Å². The van der Waals surface area contributed by atoms with E-state index in [0.29, 0.717) is 16.9 Å². The molecule has 1 unspecified atom stereocenters. The fourth-order valence-electron chi connectivity index (χ4n) is 1.99. The molecule has 1 aliphatic rings. The molecule has 3 N–H and O–H groups in total. The Balaban J connectivity index is 1.98. The molecule has 1 aromatic carbocycles. The van der Waals surface area contributed by atoms with E-state index in [9.17, 15) is 4.39 Å². The molecular formula is C13H17FN2S. The standard InChI is InChI=1S/C13H17FN2S/c1-13(2)6-8(13)7-16-9-3-4-10(12(15)17)11(14)5-9/h3-5,8,16H,6-7H2,1-2H3,(H2,15,17). The lowest BCUT2D eigenvalue weighted by atomic mass is 10.1. The van der Waals surface area contributed by atoms with Gasteiger partial charge in [-0.05, 0) is 36.0 Å². The molecule has 1 atom stereocenters. The molecule has 1 saturated carbocycles. The summed E-state index contributed by atoms with van der Waals surface area (Å²) in [6, 6.07) is 4.88. The Morgan fingerprint density at radius 1 is 1.59 bits per heavy atom. The topological polar surface area (TPSA) is 38.0 Å². The Bertz CT molecular complexity index is 457. The van der Waals surface area contributed by atoms with Crippen LogP contribution in [0.5, 0.6) is 0 Å². The van der Waals surface area contributed by atoms with Crippen molar-refractivity contribution in [3.63, 3.8) is 0 Å². The molecule has 0 heterocycles. The maximum absolute atomic E-state index is 13.6. The number of hydrogen-bond acceptors (Lipinski definition) is 2. The van der Waals surface area contributed by atoms with Crippen molar-refractivity contribution >= 4 is 22.9 Å². The lowest BCUT2D eigenvalue weighted by molar-refractivity contribution is 0.573. The van der Waals surface area contributed by atoms with E-state index >= 15 is 0 Å². The first-order valence-electron chi connectivity index (χ1n) is 5.73. The number of benzene rings is 1. The van der Waals surface area contributed by atoms with E-state index in [-0.39, 0.29) is 10.8 Å². The second-order valence-electron chi connectivity index (χ2n) is 5.33. The van der Waals surface area contributed by atoms with Gasteiger partial charge in [0.05, 0.1) is 0 Å². The Hall–Kier alpha value is -1.16. The van der Waals surface area contributed by atoms with Crippen LogP contribution in [0.4, 0.5) is 10.1 Å². The molecule has 17 heavy (non-hydrogen) atoms. The summed E-state index contributed by atoms with van der Waals surface area (Å²) in [4.78, 5) is 0.0948. The molecule has 0 aliphatic heterocycles. The van der Waals surface area contributed by atoms with Crippen molar-refractivity contribution in [2.24, 2.45) is 17.1 Å². The Morgan fingerprint density at radius 2 is 2.24 bits per heavy atom. The van der Waals surface area contributed by atoms with Crippen LogP contribution >= 0.6 is 12.2 Å². The molecule has 92 valence electrons. The summed E-state index contributed by atoms with van der Waals surface area (Å²) in [5, 5.41) is 3.25. The monoisotopic (exact) mass is 252 g/mol. The number of thiocarbonyl (C=S) groups is 1. The highest BCUT2D eigenvalue weighted by molar-refractivity contribution is 7.80. The summed E-state index contributed by atoms with van der Waals surface area (Å²) >= 11 is 4.76. The zero-order valence-corrected chi connectivity index (χ0v) is 10.9. The Morgan fingerprint density at radius 3 is 2.71 bits per heavy atom. The quantitative estimate of drug-likeness (QED) is 0.809. The van der Waals surface area contributed by atoms with E-state index in [4.69, 9.17) is 18.0 Å². The number of halogens is 1. The van der Waals surface area contributed by atoms with Crippen LogP contribution in [0.15, 0.2) is 18.2 Å². The van der Waals surface area contributed by atoms with Gasteiger partial charge in [-0.15, -0.1) is 0 Å². The van der Waals surface area contributed by atoms with Gasteiger partial charge in [0, 0.05) is 17.8 Å². The van der Waals surface area contributed by atoms with Crippen molar-refractivity contribution in [3.05, 3.63) is 29.6 Å². The summed E-state index contributed by atoms with van der Waals surface area (Å²) in [6.07, 6.45) is 1.23. The van der Waals surface area contributed by atoms with Crippen molar-refractivity contribution in [1.29, 1.82) is 0 Å². The van der Waals surface area contributed by atoms with Gasteiger partial charge >= 0.3 is 0 Å². The van der Waals surface area contributed by atoms with Crippen LogP contribution in [-0.4, -0.2) is 11.5 Å². The van der Waals surface area contributed by atoms with Gasteiger partial charge < -0.3 is 11.1 Å². The van der Waals surface area contributed by atoms with Crippen LogP contribution in [0.3, 0.4) is 0 Å². The number of anilines is 1. The fourth-order valence-corrected chi connectivity index (χ4v) is 2.16. The lowest BCUT2D eigenvalue weighted by Gasteiger charge is -2.09. The average molecular weight is 252 g/mol. The summed E-state index contributed by atoms with van der Waals surface area (Å²) in [5.41, 5.74) is 6.92. The van der Waals surface area contributed by atoms with E-state index in [1.54, 1.807) is 6.07 Å². The largest absolute Gasteiger partial charge is 0.389 e. The minimum absolute atomic E-state index is 0.0948. The third kappa shape index (κ3) is 2.75. The molecule has 2 rings (SSSR count). The number of hydrogen-bond donors (Lipinski definition) is 2. The number of rotatable bonds is 4. The predicted octanol–water partition coefficient (Wildman–Crippen LogP) is 2.92. The lowest BCUT2D eigenvalue weighted by Crippen LogP contribution is -2.12. The minimum Gasteiger partial charge on any atom is -0.389 e. The van der Waals surface area contributed by atoms with E-state index in [2.05, 4.69) is 19.2 Å². The van der Waals surface area contributed by atoms with Crippen LogP contribution < -0.4 is 11.1 Å². The van der Waals surface area contributed by atoms with Crippen molar-refractivity contribution in [2.75, 3.05) is 11.9 Å². The molecule has 1 aromatic rings. The number of nitrogens with two attached hydrogens (primary N) is 1. The maximum Gasteiger partial charge on any atom is 0.135 e. The molecule has 4 heteroatoms. The first kappa shape index (κ1) is 12.3. The van der Waals surface area contributed by atoms with E-state index in [1.165, 1.54) is 12.5 Å². The zero-order valence-electron chi connectivity index (χ0n) is 10.1. The summed E-state index contributed by atoms with van der Waals surface area (Å²) in [7, 11) is 0. The summed E-state index contributed by atoms with van der Waals surface area (Å²) < 4.78 is 13.6. The highest BCUT2D eigenvalue weighted by Crippen LogP contribution is 2.51. The first-order valence-corrected chi connectivity index (χ1v) is 6.14. The van der Waals surface area contributed by atoms with Gasteiger partial charge in [-0.3, -0.25) is 0 Å². The highest BCUT2D eigenvalue weighted by Gasteiger charge is 2.44. The maximum atomic E-state index is 13.6. The zero-order chi connectivity index (χ0) is 12.6. The van der Waals surface area contributed by atoms with E-state index in [1.807, 2.05) is 6.07 Å². The number of nitrogens with one attached hydrogen (secondary N) is 1. The van der Waals surface area contributed by atoms with Crippen LogP contribution in [-0.2, 0) is 0 Å². The summed E-state index contributed by atoms with van der Waals surface area (Å²) in [5.74, 6) is 0.318. The molecule has 1 aliphatic carbocycles. The minimum atomic E-state index is -0.363. The van der Waals surface area contributed by atoms with Gasteiger partial charge in [0.15, 0.2) is 0 Å². The third-order valence-corrected chi connectivity index (χ3v) is 3.72. The molecule has 0 bridgehead atoms. The third-order valence-electron chi connectivity index (χ3n) is 3.50. The van der Waals surface area contributed by atoms with Crippen LogP contribution in [0.2, 0.25) is 0 Å². The van der Waals surface area contributed by atoms with Crippen LogP contribution in [0.25, 0.3) is 0 Å². The van der Waals surface area contributed by atoms with E-state index in [0.717, 1.165) is 12.2 Å². The molecule has 0 spiro atoms. The van der Waals surface area contributed by atoms with Crippen LogP contribution in [0.1, 0.15) is 25.8 Å². The first-order chi connectivity index (χ1) is 7.90. The molecule has 0 aromatic heterocycles. The van der Waals surface area contributed by atoms with Gasteiger partial charge in [-0.25, -0.2) is 4.39 Å². The predicted molar refractivity (Wildman–Crippen MR) is 72.7 cm³/mol. The normalized spacial score (nSPS) is 21.0. The molecule has 0 saturated heterocycles. The van der Waals surface area contributed by atoms with Gasteiger partial charge in [0.25, 0.3) is 0 Å². The second kappa shape index (κ2) is 4.26. The van der Waals surface area contributed by atoms with Crippen molar-refractivity contribution < 1.29 is 4.39 Å². The molecule has 0 amide bonds. The van der Waals surface area contributed by atoms with Gasteiger partial charge in [0.2, 0.25) is 0 Å². The molecule has 1 fully saturated rings. The van der Waals surface area contributed by atoms with Crippen molar-refractivity contribution in [2.45, 2.75) is 20.3 Å². The van der Waals surface area contributed by atoms with E-state index < -0.39 is 0 Å². The highest BCUT2D eigenvalue weighted by atomic mass is 32.1.